The summed E-state index contributed by atoms with van der Waals surface area (Å²) >= 11 is 0. The van der Waals surface area contributed by atoms with Crippen molar-refractivity contribution >= 4 is 0 Å². The zero-order valence-electron chi connectivity index (χ0n) is 9.52. The fraction of sp³-hybridized carbons (Fsp3) is 1.00. The first-order valence-corrected chi connectivity index (χ1v) is 5.58. The number of nitrogens with zero attached hydrogens (tertiary/aromatic N) is 1. The summed E-state index contributed by atoms with van der Waals surface area (Å²) in [5.74, 6) is 0. The van der Waals surface area contributed by atoms with Crippen LogP contribution >= 0.6 is 0 Å². The van der Waals surface area contributed by atoms with Gasteiger partial charge in [-0.1, -0.05) is 0 Å². The Balaban J connectivity index is 2.02. The zero-order valence-corrected chi connectivity index (χ0v) is 9.52. The Hall–Kier alpha value is -0.330. The van der Waals surface area contributed by atoms with Crippen LogP contribution in [-0.2, 0) is 4.74 Å². The van der Waals surface area contributed by atoms with Gasteiger partial charge in [0, 0.05) is 38.8 Å². The third kappa shape index (κ3) is 5.67. The second-order valence-electron chi connectivity index (χ2n) is 4.11. The average molecular weight is 240 g/mol. The summed E-state index contributed by atoms with van der Waals surface area (Å²) in [5, 5.41) is 3.26. The maximum Gasteiger partial charge on any atom is 0.411 e. The number of hydrogen-bond acceptors (Lipinski definition) is 3. The predicted molar refractivity (Wildman–Crippen MR) is 55.4 cm³/mol. The smallest absolute Gasteiger partial charge is 0.372 e. The van der Waals surface area contributed by atoms with E-state index >= 15 is 0 Å². The Kier molecular flexibility index (Phi) is 5.51. The first-order chi connectivity index (χ1) is 7.49. The Labute approximate surface area is 93.9 Å². The van der Waals surface area contributed by atoms with Gasteiger partial charge in [0.2, 0.25) is 0 Å². The first kappa shape index (κ1) is 13.7. The second-order valence-corrected chi connectivity index (χ2v) is 4.11. The Morgan fingerprint density at radius 3 is 2.81 bits per heavy atom. The van der Waals surface area contributed by atoms with E-state index in [4.69, 9.17) is 0 Å². The van der Waals surface area contributed by atoms with Crippen molar-refractivity contribution in [2.75, 3.05) is 39.4 Å². The van der Waals surface area contributed by atoms with E-state index in [1.807, 2.05) is 0 Å². The van der Waals surface area contributed by atoms with Crippen LogP contribution in [0.1, 0.15) is 13.3 Å². The standard InChI is InChI=1S/C10H19F3N2O/c1-9-7-14-3-5-15(9)4-2-6-16-8-10(11,12)13/h9,14H,2-8H2,1H3. The van der Waals surface area contributed by atoms with Crippen LogP contribution in [0.15, 0.2) is 0 Å². The Morgan fingerprint density at radius 1 is 1.44 bits per heavy atom. The quantitative estimate of drug-likeness (QED) is 0.732. The highest BCUT2D eigenvalue weighted by atomic mass is 19.4. The van der Waals surface area contributed by atoms with Crippen LogP contribution in [0, 0.1) is 0 Å². The van der Waals surface area contributed by atoms with Gasteiger partial charge in [-0.3, -0.25) is 4.90 Å². The third-order valence-corrected chi connectivity index (χ3v) is 2.64. The lowest BCUT2D eigenvalue weighted by Gasteiger charge is -2.33. The summed E-state index contributed by atoms with van der Waals surface area (Å²) < 4.78 is 39.8. The lowest BCUT2D eigenvalue weighted by atomic mass is 10.2. The molecule has 3 nitrogen and oxygen atoms in total. The summed E-state index contributed by atoms with van der Waals surface area (Å²) in [5.41, 5.74) is 0. The number of ether oxygens (including phenoxy) is 1. The molecule has 1 heterocycles. The van der Waals surface area contributed by atoms with E-state index in [1.54, 1.807) is 0 Å². The van der Waals surface area contributed by atoms with E-state index in [2.05, 4.69) is 21.9 Å². The van der Waals surface area contributed by atoms with Crippen molar-refractivity contribution in [3.8, 4) is 0 Å². The van der Waals surface area contributed by atoms with E-state index in [0.29, 0.717) is 12.5 Å². The van der Waals surface area contributed by atoms with Gasteiger partial charge >= 0.3 is 6.18 Å². The zero-order chi connectivity index (χ0) is 12.0. The lowest BCUT2D eigenvalue weighted by molar-refractivity contribution is -0.174. The summed E-state index contributed by atoms with van der Waals surface area (Å²) in [4.78, 5) is 2.27. The van der Waals surface area contributed by atoms with Gasteiger partial charge in [0.25, 0.3) is 0 Å². The molecule has 0 radical (unpaired) electrons. The Bertz CT molecular complexity index is 199. The molecular formula is C10H19F3N2O. The van der Waals surface area contributed by atoms with Crippen LogP contribution in [0.5, 0.6) is 0 Å². The molecule has 0 bridgehead atoms. The molecule has 1 unspecified atom stereocenters. The molecule has 96 valence electrons. The fourth-order valence-electron chi connectivity index (χ4n) is 1.77. The number of rotatable bonds is 5. The average Bonchev–Trinajstić information content (AvgIpc) is 2.18. The number of alkyl halides is 3. The molecule has 0 aromatic rings. The van der Waals surface area contributed by atoms with Gasteiger partial charge < -0.3 is 10.1 Å². The van der Waals surface area contributed by atoms with Crippen molar-refractivity contribution < 1.29 is 17.9 Å². The minimum absolute atomic E-state index is 0.177. The van der Waals surface area contributed by atoms with Crippen LogP contribution in [0.4, 0.5) is 13.2 Å². The molecule has 0 aliphatic carbocycles. The SMILES string of the molecule is CC1CNCCN1CCCOCC(F)(F)F. The highest BCUT2D eigenvalue weighted by Gasteiger charge is 2.27. The van der Waals surface area contributed by atoms with Crippen LogP contribution < -0.4 is 5.32 Å². The molecule has 0 aromatic carbocycles. The Morgan fingerprint density at radius 2 is 2.19 bits per heavy atom. The van der Waals surface area contributed by atoms with Crippen LogP contribution in [-0.4, -0.2) is 56.5 Å². The molecule has 6 heteroatoms. The first-order valence-electron chi connectivity index (χ1n) is 5.58. The topological polar surface area (TPSA) is 24.5 Å². The van der Waals surface area contributed by atoms with E-state index < -0.39 is 12.8 Å². The number of hydrogen-bond donors (Lipinski definition) is 1. The van der Waals surface area contributed by atoms with E-state index in [-0.39, 0.29) is 6.61 Å². The maximum absolute atomic E-state index is 11.8. The van der Waals surface area contributed by atoms with E-state index in [0.717, 1.165) is 26.2 Å². The molecular weight excluding hydrogens is 221 g/mol. The summed E-state index contributed by atoms with van der Waals surface area (Å²) in [7, 11) is 0. The number of nitrogens with one attached hydrogen (secondary N) is 1. The van der Waals surface area contributed by atoms with Crippen molar-refractivity contribution in [3.63, 3.8) is 0 Å². The predicted octanol–water partition coefficient (Wildman–Crippen LogP) is 1.25. The monoisotopic (exact) mass is 240 g/mol. The molecule has 1 saturated heterocycles. The second kappa shape index (κ2) is 6.42. The van der Waals surface area contributed by atoms with Gasteiger partial charge in [-0.05, 0) is 13.3 Å². The third-order valence-electron chi connectivity index (χ3n) is 2.64. The van der Waals surface area contributed by atoms with E-state index in [1.165, 1.54) is 0 Å². The summed E-state index contributed by atoms with van der Waals surface area (Å²) in [6, 6.07) is 0.455. The highest BCUT2D eigenvalue weighted by Crippen LogP contribution is 2.14. The lowest BCUT2D eigenvalue weighted by Crippen LogP contribution is -2.50. The molecule has 1 atom stereocenters. The van der Waals surface area contributed by atoms with Crippen molar-refractivity contribution in [1.82, 2.24) is 10.2 Å². The van der Waals surface area contributed by atoms with Crippen molar-refractivity contribution in [2.24, 2.45) is 0 Å². The van der Waals surface area contributed by atoms with Gasteiger partial charge in [0.1, 0.15) is 6.61 Å². The van der Waals surface area contributed by atoms with Gasteiger partial charge in [-0.15, -0.1) is 0 Å². The highest BCUT2D eigenvalue weighted by molar-refractivity contribution is 4.75. The van der Waals surface area contributed by atoms with Crippen molar-refractivity contribution in [1.29, 1.82) is 0 Å². The van der Waals surface area contributed by atoms with Crippen molar-refractivity contribution in [2.45, 2.75) is 25.6 Å². The summed E-state index contributed by atoms with van der Waals surface area (Å²) in [6.45, 7) is 4.82. The molecule has 1 aliphatic heterocycles. The molecule has 1 aliphatic rings. The molecule has 1 rings (SSSR count). The minimum atomic E-state index is -4.21. The number of piperazine rings is 1. The van der Waals surface area contributed by atoms with Crippen LogP contribution in [0.3, 0.4) is 0 Å². The normalized spacial score (nSPS) is 23.6. The molecule has 0 saturated carbocycles. The molecule has 0 spiro atoms. The van der Waals surface area contributed by atoms with Gasteiger partial charge in [0.05, 0.1) is 0 Å². The largest absolute Gasteiger partial charge is 0.411 e. The maximum atomic E-state index is 11.8. The minimum Gasteiger partial charge on any atom is -0.372 e. The van der Waals surface area contributed by atoms with Crippen LogP contribution in [0.2, 0.25) is 0 Å². The van der Waals surface area contributed by atoms with Gasteiger partial charge in [0.15, 0.2) is 0 Å². The van der Waals surface area contributed by atoms with Gasteiger partial charge in [-0.2, -0.15) is 13.2 Å². The molecule has 16 heavy (non-hydrogen) atoms. The fourth-order valence-corrected chi connectivity index (χ4v) is 1.77. The molecule has 1 fully saturated rings. The summed E-state index contributed by atoms with van der Waals surface area (Å²) in [6.07, 6.45) is -3.55. The van der Waals surface area contributed by atoms with Crippen molar-refractivity contribution in [3.05, 3.63) is 0 Å². The molecule has 0 aromatic heterocycles. The number of halogens is 3. The van der Waals surface area contributed by atoms with Gasteiger partial charge in [-0.25, -0.2) is 0 Å². The molecule has 0 amide bonds. The van der Waals surface area contributed by atoms with Crippen LogP contribution in [0.25, 0.3) is 0 Å². The van der Waals surface area contributed by atoms with E-state index in [9.17, 15) is 13.2 Å². The molecule has 1 N–H and O–H groups in total.